The van der Waals surface area contributed by atoms with Crippen LogP contribution in [0, 0.1) is 18.8 Å². The fraction of sp³-hybridized carbons (Fsp3) is 0.450. The van der Waals surface area contributed by atoms with Gasteiger partial charge in [0.25, 0.3) is 11.8 Å². The standard InChI is InChI=1S/C40H49N5O8S/c1-23(2)30(38(49)53-40(7,8)9)22-54(50,51)26-12-10-25(11-13-26)21-41-35(46)32-20-33(45-34(43-32)18-19-42-45)36(47)44-31-17-16-27-24(3)28(14-15-29(27)31)37(48)52-39(4,5)6/h10-15,18-20,23,30-31H,16-17,21-22H2,1-9H3,(H,41,46)(H,44,47)/t30-,31-/m0/s1. The fourth-order valence-electron chi connectivity index (χ4n) is 6.34. The van der Waals surface area contributed by atoms with Gasteiger partial charge >= 0.3 is 11.9 Å². The highest BCUT2D eigenvalue weighted by Crippen LogP contribution is 2.35. The highest BCUT2D eigenvalue weighted by Gasteiger charge is 2.33. The second-order valence-electron chi connectivity index (χ2n) is 16.0. The van der Waals surface area contributed by atoms with Gasteiger partial charge in [-0.05, 0) is 108 Å². The Hall–Kier alpha value is -5.11. The summed E-state index contributed by atoms with van der Waals surface area (Å²) in [6.45, 7) is 16.2. The van der Waals surface area contributed by atoms with Gasteiger partial charge in [0.05, 0.1) is 34.4 Å². The number of rotatable bonds is 11. The quantitative estimate of drug-likeness (QED) is 0.180. The number of aromatic nitrogens is 3. The van der Waals surface area contributed by atoms with Crippen LogP contribution in [0.1, 0.15) is 121 Å². The molecule has 1 aliphatic carbocycles. The van der Waals surface area contributed by atoms with Crippen molar-refractivity contribution in [1.82, 2.24) is 25.2 Å². The maximum atomic E-state index is 13.7. The van der Waals surface area contributed by atoms with E-state index < -0.39 is 56.5 Å². The summed E-state index contributed by atoms with van der Waals surface area (Å²) >= 11 is 0. The second-order valence-corrected chi connectivity index (χ2v) is 18.0. The van der Waals surface area contributed by atoms with Crippen LogP contribution in [0.3, 0.4) is 0 Å². The number of amides is 2. The first-order valence-electron chi connectivity index (χ1n) is 18.0. The molecule has 2 heterocycles. The van der Waals surface area contributed by atoms with Gasteiger partial charge in [0, 0.05) is 18.7 Å². The summed E-state index contributed by atoms with van der Waals surface area (Å²) in [5.74, 6) is -3.42. The molecule has 4 aromatic rings. The van der Waals surface area contributed by atoms with Crippen molar-refractivity contribution in [2.45, 2.75) is 104 Å². The van der Waals surface area contributed by atoms with Gasteiger partial charge in [-0.2, -0.15) is 5.10 Å². The van der Waals surface area contributed by atoms with Crippen molar-refractivity contribution in [2.24, 2.45) is 11.8 Å². The molecule has 2 atom stereocenters. The molecule has 14 heteroatoms. The summed E-state index contributed by atoms with van der Waals surface area (Å²) in [4.78, 5) is 57.1. The summed E-state index contributed by atoms with van der Waals surface area (Å²) in [6.07, 6.45) is 2.78. The predicted molar refractivity (Wildman–Crippen MR) is 202 cm³/mol. The molecule has 0 unspecified atom stereocenters. The number of nitrogens with one attached hydrogen (secondary N) is 2. The molecule has 2 N–H and O–H groups in total. The zero-order valence-electron chi connectivity index (χ0n) is 32.3. The molecule has 288 valence electrons. The van der Waals surface area contributed by atoms with Crippen LogP contribution in [0.15, 0.2) is 59.6 Å². The summed E-state index contributed by atoms with van der Waals surface area (Å²) in [5.41, 5.74) is 2.91. The molecule has 0 bridgehead atoms. The highest BCUT2D eigenvalue weighted by atomic mass is 32.2. The summed E-state index contributed by atoms with van der Waals surface area (Å²) in [5, 5.41) is 10.1. The van der Waals surface area contributed by atoms with Crippen molar-refractivity contribution in [1.29, 1.82) is 0 Å². The first-order chi connectivity index (χ1) is 25.1. The number of nitrogens with zero attached hydrogens (tertiary/aromatic N) is 3. The minimum Gasteiger partial charge on any atom is -0.460 e. The molecule has 1 aliphatic rings. The SMILES string of the molecule is Cc1c(C(=O)OC(C)(C)C)ccc2c1CC[C@@H]2NC(=O)c1cc(C(=O)NCc2ccc(S(=O)(=O)C[C@H](C(=O)OC(C)(C)C)C(C)C)cc2)nc2ccnn12. The Morgan fingerprint density at radius 3 is 2.22 bits per heavy atom. The third-order valence-corrected chi connectivity index (χ3v) is 10.9. The molecule has 54 heavy (non-hydrogen) atoms. The van der Waals surface area contributed by atoms with Gasteiger partial charge in [0.1, 0.15) is 22.6 Å². The van der Waals surface area contributed by atoms with E-state index in [0.717, 1.165) is 16.7 Å². The Morgan fingerprint density at radius 1 is 0.926 bits per heavy atom. The number of benzene rings is 2. The number of hydrogen-bond donors (Lipinski definition) is 2. The van der Waals surface area contributed by atoms with Crippen LogP contribution in [0.2, 0.25) is 0 Å². The molecule has 5 rings (SSSR count). The molecule has 2 aromatic carbocycles. The minimum absolute atomic E-state index is 0.00103. The van der Waals surface area contributed by atoms with Gasteiger partial charge in [0.15, 0.2) is 15.5 Å². The highest BCUT2D eigenvalue weighted by molar-refractivity contribution is 7.91. The lowest BCUT2D eigenvalue weighted by Gasteiger charge is -2.25. The van der Waals surface area contributed by atoms with Crippen molar-refractivity contribution < 1.29 is 37.1 Å². The van der Waals surface area contributed by atoms with E-state index in [0.29, 0.717) is 29.6 Å². The van der Waals surface area contributed by atoms with Crippen LogP contribution < -0.4 is 10.6 Å². The molecule has 13 nitrogen and oxygen atoms in total. The van der Waals surface area contributed by atoms with Crippen molar-refractivity contribution in [3.05, 3.63) is 93.9 Å². The molecular weight excluding hydrogens is 711 g/mol. The van der Waals surface area contributed by atoms with Gasteiger partial charge in [0.2, 0.25) is 0 Å². The number of esters is 2. The topological polar surface area (TPSA) is 175 Å². The van der Waals surface area contributed by atoms with Crippen LogP contribution in [-0.4, -0.2) is 63.7 Å². The van der Waals surface area contributed by atoms with Crippen LogP contribution in [0.4, 0.5) is 0 Å². The average Bonchev–Trinajstić information content (AvgIpc) is 3.72. The monoisotopic (exact) mass is 759 g/mol. The molecule has 0 radical (unpaired) electrons. The molecule has 0 saturated heterocycles. The largest absolute Gasteiger partial charge is 0.460 e. The van der Waals surface area contributed by atoms with Crippen LogP contribution >= 0.6 is 0 Å². The van der Waals surface area contributed by atoms with Gasteiger partial charge < -0.3 is 20.1 Å². The summed E-state index contributed by atoms with van der Waals surface area (Å²) in [6, 6.07) is 12.3. The average molecular weight is 760 g/mol. The fourth-order valence-corrected chi connectivity index (χ4v) is 8.07. The predicted octanol–water partition coefficient (Wildman–Crippen LogP) is 5.73. The van der Waals surface area contributed by atoms with E-state index in [2.05, 4.69) is 20.7 Å². The number of sulfone groups is 1. The van der Waals surface area contributed by atoms with Crippen molar-refractivity contribution >= 4 is 39.2 Å². The van der Waals surface area contributed by atoms with Gasteiger partial charge in [-0.25, -0.2) is 22.7 Å². The van der Waals surface area contributed by atoms with Crippen molar-refractivity contribution in [3.63, 3.8) is 0 Å². The maximum absolute atomic E-state index is 13.7. The third kappa shape index (κ3) is 9.33. The van der Waals surface area contributed by atoms with E-state index in [-0.39, 0.29) is 34.8 Å². The van der Waals surface area contributed by atoms with E-state index in [9.17, 15) is 27.6 Å². The van der Waals surface area contributed by atoms with Crippen LogP contribution in [-0.2, 0) is 37.1 Å². The zero-order valence-corrected chi connectivity index (χ0v) is 33.1. The van der Waals surface area contributed by atoms with Gasteiger partial charge in [-0.1, -0.05) is 32.0 Å². The van der Waals surface area contributed by atoms with E-state index in [1.165, 1.54) is 28.9 Å². The summed E-state index contributed by atoms with van der Waals surface area (Å²) in [7, 11) is -3.83. The molecule has 0 aliphatic heterocycles. The first-order valence-corrected chi connectivity index (χ1v) is 19.6. The van der Waals surface area contributed by atoms with E-state index >= 15 is 0 Å². The number of hydrogen-bond acceptors (Lipinski definition) is 10. The smallest absolute Gasteiger partial charge is 0.338 e. The van der Waals surface area contributed by atoms with Crippen LogP contribution in [0.25, 0.3) is 5.65 Å². The molecular formula is C40H49N5O8S. The van der Waals surface area contributed by atoms with Gasteiger partial charge in [-0.3, -0.25) is 14.4 Å². The van der Waals surface area contributed by atoms with E-state index in [1.807, 2.05) is 33.8 Å². The Bertz CT molecular complexity index is 2200. The number of fused-ring (bicyclic) bond motifs is 2. The van der Waals surface area contributed by atoms with E-state index in [4.69, 9.17) is 9.47 Å². The number of carbonyl (C=O) groups is 4. The molecule has 0 spiro atoms. The molecule has 2 aromatic heterocycles. The Kier molecular flexibility index (Phi) is 11.4. The van der Waals surface area contributed by atoms with E-state index in [1.54, 1.807) is 58.9 Å². The maximum Gasteiger partial charge on any atom is 0.338 e. The molecule has 0 fully saturated rings. The summed E-state index contributed by atoms with van der Waals surface area (Å²) < 4.78 is 39.0. The Labute approximate surface area is 316 Å². The number of ether oxygens (including phenoxy) is 2. The normalized spacial score (nSPS) is 15.1. The number of carbonyl (C=O) groups excluding carboxylic acids is 4. The Morgan fingerprint density at radius 2 is 1.59 bits per heavy atom. The molecule has 0 saturated carbocycles. The van der Waals surface area contributed by atoms with Crippen molar-refractivity contribution in [2.75, 3.05) is 5.75 Å². The van der Waals surface area contributed by atoms with Gasteiger partial charge in [-0.15, -0.1) is 0 Å². The third-order valence-electron chi connectivity index (χ3n) is 9.09. The lowest BCUT2D eigenvalue weighted by molar-refractivity contribution is -0.160. The molecule has 2 amide bonds. The second kappa shape index (κ2) is 15.3. The lowest BCUT2D eigenvalue weighted by atomic mass is 9.97. The van der Waals surface area contributed by atoms with Crippen molar-refractivity contribution in [3.8, 4) is 0 Å². The lowest BCUT2D eigenvalue weighted by Crippen LogP contribution is -2.35. The minimum atomic E-state index is -3.83. The Balaban J connectivity index is 1.26. The van der Waals surface area contributed by atoms with Crippen LogP contribution in [0.5, 0.6) is 0 Å². The first kappa shape index (κ1) is 40.1. The zero-order chi connectivity index (χ0) is 39.7.